The molecule has 134 valence electrons. The molecule has 0 fully saturated rings. The van der Waals surface area contributed by atoms with Crippen LogP contribution in [-0.2, 0) is 5.41 Å². The van der Waals surface area contributed by atoms with Crippen molar-refractivity contribution in [3.8, 4) is 5.69 Å². The number of hydrogen-bond acceptors (Lipinski definition) is 4. The van der Waals surface area contributed by atoms with Crippen LogP contribution in [0, 0.1) is 6.92 Å². The molecule has 0 radical (unpaired) electrons. The fourth-order valence-electron chi connectivity index (χ4n) is 2.73. The molecule has 0 bridgehead atoms. The van der Waals surface area contributed by atoms with E-state index in [0.29, 0.717) is 17.1 Å². The van der Waals surface area contributed by atoms with Crippen molar-refractivity contribution in [2.24, 2.45) is 0 Å². The summed E-state index contributed by atoms with van der Waals surface area (Å²) in [6, 6.07) is 13.1. The van der Waals surface area contributed by atoms with Crippen LogP contribution in [0.1, 0.15) is 35.3 Å². The Kier molecular flexibility index (Phi) is 5.04. The smallest absolute Gasteiger partial charge is 0.251 e. The lowest BCUT2D eigenvalue weighted by Crippen LogP contribution is -2.36. The Morgan fingerprint density at radius 2 is 1.92 bits per heavy atom. The first-order chi connectivity index (χ1) is 12.4. The number of rotatable bonds is 5. The second-order valence-electron chi connectivity index (χ2n) is 6.83. The van der Waals surface area contributed by atoms with Crippen molar-refractivity contribution in [3.63, 3.8) is 0 Å². The predicted octanol–water partition coefficient (Wildman–Crippen LogP) is 3.33. The zero-order valence-corrected chi connectivity index (χ0v) is 15.7. The third kappa shape index (κ3) is 3.91. The number of nitrogens with one attached hydrogen (secondary N) is 1. The van der Waals surface area contributed by atoms with E-state index in [1.54, 1.807) is 10.7 Å². The van der Waals surface area contributed by atoms with Gasteiger partial charge in [0.1, 0.15) is 6.33 Å². The first-order valence-electron chi connectivity index (χ1n) is 8.25. The second-order valence-corrected chi connectivity index (χ2v) is 7.27. The van der Waals surface area contributed by atoms with Crippen LogP contribution in [0.4, 0.5) is 0 Å². The summed E-state index contributed by atoms with van der Waals surface area (Å²) in [7, 11) is 0. The van der Waals surface area contributed by atoms with Crippen LogP contribution in [0.25, 0.3) is 5.69 Å². The van der Waals surface area contributed by atoms with E-state index in [0.717, 1.165) is 16.8 Å². The maximum atomic E-state index is 12.5. The highest BCUT2D eigenvalue weighted by molar-refractivity contribution is 6.30. The van der Waals surface area contributed by atoms with Crippen LogP contribution in [-0.4, -0.2) is 32.7 Å². The summed E-state index contributed by atoms with van der Waals surface area (Å²) in [5, 5.41) is 14.9. The third-order valence-electron chi connectivity index (χ3n) is 4.37. The Hall–Kier alpha value is -2.73. The van der Waals surface area contributed by atoms with Gasteiger partial charge < -0.3 is 5.32 Å². The largest absolute Gasteiger partial charge is 0.351 e. The number of carbonyl (C=O) groups excluding carboxylic acids is 1. The summed E-state index contributed by atoms with van der Waals surface area (Å²) < 4.78 is 1.57. The molecule has 1 heterocycles. The van der Waals surface area contributed by atoms with Gasteiger partial charge in [-0.05, 0) is 58.8 Å². The molecule has 1 amide bonds. The van der Waals surface area contributed by atoms with Gasteiger partial charge in [0.15, 0.2) is 0 Å². The van der Waals surface area contributed by atoms with Gasteiger partial charge in [-0.15, -0.1) is 5.10 Å². The van der Waals surface area contributed by atoms with Gasteiger partial charge in [0, 0.05) is 22.5 Å². The molecular weight excluding hydrogens is 350 g/mol. The van der Waals surface area contributed by atoms with E-state index >= 15 is 0 Å². The lowest BCUT2D eigenvalue weighted by Gasteiger charge is -2.26. The molecule has 0 saturated carbocycles. The molecule has 0 unspecified atom stereocenters. The SMILES string of the molecule is Cc1cc(C(=O)NCC(C)(C)c2ccc(Cl)cc2)ccc1-n1cnnn1. The number of aryl methyl sites for hydroxylation is 1. The zero-order chi connectivity index (χ0) is 18.7. The van der Waals surface area contributed by atoms with Gasteiger partial charge in [-0.25, -0.2) is 4.68 Å². The Morgan fingerprint density at radius 3 is 2.54 bits per heavy atom. The summed E-state index contributed by atoms with van der Waals surface area (Å²) in [6.07, 6.45) is 1.52. The van der Waals surface area contributed by atoms with E-state index in [1.807, 2.05) is 43.3 Å². The average molecular weight is 370 g/mol. The molecule has 1 aromatic heterocycles. The van der Waals surface area contributed by atoms with E-state index in [9.17, 15) is 4.79 Å². The van der Waals surface area contributed by atoms with E-state index in [1.165, 1.54) is 6.33 Å². The summed E-state index contributed by atoms with van der Waals surface area (Å²) >= 11 is 5.95. The van der Waals surface area contributed by atoms with E-state index in [2.05, 4.69) is 34.7 Å². The Morgan fingerprint density at radius 1 is 1.19 bits per heavy atom. The van der Waals surface area contributed by atoms with Gasteiger partial charge in [-0.3, -0.25) is 4.79 Å². The number of tetrazole rings is 1. The van der Waals surface area contributed by atoms with Crippen LogP contribution < -0.4 is 5.32 Å². The quantitative estimate of drug-likeness (QED) is 0.748. The maximum Gasteiger partial charge on any atom is 0.251 e. The van der Waals surface area contributed by atoms with Gasteiger partial charge in [-0.1, -0.05) is 37.6 Å². The molecule has 0 saturated heterocycles. The zero-order valence-electron chi connectivity index (χ0n) is 14.9. The monoisotopic (exact) mass is 369 g/mol. The first kappa shape index (κ1) is 18.1. The average Bonchev–Trinajstić information content (AvgIpc) is 3.14. The Labute approximate surface area is 157 Å². The summed E-state index contributed by atoms with van der Waals surface area (Å²) in [6.45, 7) is 6.61. The van der Waals surface area contributed by atoms with Crippen LogP contribution >= 0.6 is 11.6 Å². The number of halogens is 1. The minimum atomic E-state index is -0.207. The first-order valence-corrected chi connectivity index (χ1v) is 8.63. The van der Waals surface area contributed by atoms with Crippen molar-refractivity contribution < 1.29 is 4.79 Å². The van der Waals surface area contributed by atoms with Crippen molar-refractivity contribution in [2.75, 3.05) is 6.54 Å². The molecule has 3 aromatic rings. The second kappa shape index (κ2) is 7.25. The highest BCUT2D eigenvalue weighted by atomic mass is 35.5. The van der Waals surface area contributed by atoms with Crippen LogP contribution in [0.15, 0.2) is 48.8 Å². The van der Waals surface area contributed by atoms with E-state index < -0.39 is 0 Å². The van der Waals surface area contributed by atoms with Crippen molar-refractivity contribution >= 4 is 17.5 Å². The fourth-order valence-corrected chi connectivity index (χ4v) is 2.86. The molecule has 0 aliphatic rings. The van der Waals surface area contributed by atoms with Gasteiger partial charge in [-0.2, -0.15) is 0 Å². The van der Waals surface area contributed by atoms with Crippen LogP contribution in [0.2, 0.25) is 5.02 Å². The standard InChI is InChI=1S/C19H20ClN5O/c1-13-10-14(4-9-17(13)25-12-22-23-24-25)18(26)21-11-19(2,3)15-5-7-16(20)8-6-15/h4-10,12H,11H2,1-3H3,(H,21,26). The minimum absolute atomic E-state index is 0.113. The lowest BCUT2D eigenvalue weighted by molar-refractivity contribution is 0.0945. The fraction of sp³-hybridized carbons (Fsp3) is 0.263. The number of amides is 1. The molecule has 6 nitrogen and oxygen atoms in total. The molecular formula is C19H20ClN5O. The van der Waals surface area contributed by atoms with E-state index in [-0.39, 0.29) is 11.3 Å². The number of aromatic nitrogens is 4. The molecule has 7 heteroatoms. The van der Waals surface area contributed by atoms with Crippen molar-refractivity contribution in [1.29, 1.82) is 0 Å². The third-order valence-corrected chi connectivity index (χ3v) is 4.62. The van der Waals surface area contributed by atoms with Crippen LogP contribution in [0.3, 0.4) is 0 Å². The van der Waals surface area contributed by atoms with E-state index in [4.69, 9.17) is 11.6 Å². The highest BCUT2D eigenvalue weighted by Crippen LogP contribution is 2.24. The number of benzene rings is 2. The number of nitrogens with zero attached hydrogens (tertiary/aromatic N) is 4. The van der Waals surface area contributed by atoms with Gasteiger partial charge >= 0.3 is 0 Å². The molecule has 0 atom stereocenters. The lowest BCUT2D eigenvalue weighted by atomic mass is 9.84. The highest BCUT2D eigenvalue weighted by Gasteiger charge is 2.22. The van der Waals surface area contributed by atoms with Crippen molar-refractivity contribution in [3.05, 3.63) is 70.5 Å². The molecule has 0 spiro atoms. The minimum Gasteiger partial charge on any atom is -0.351 e. The van der Waals surface area contributed by atoms with Crippen molar-refractivity contribution in [2.45, 2.75) is 26.2 Å². The Bertz CT molecular complexity index is 904. The van der Waals surface area contributed by atoms with Gasteiger partial charge in [0.2, 0.25) is 0 Å². The van der Waals surface area contributed by atoms with Crippen molar-refractivity contribution in [1.82, 2.24) is 25.5 Å². The summed E-state index contributed by atoms with van der Waals surface area (Å²) in [4.78, 5) is 12.5. The predicted molar refractivity (Wildman–Crippen MR) is 101 cm³/mol. The molecule has 1 N–H and O–H groups in total. The molecule has 26 heavy (non-hydrogen) atoms. The van der Waals surface area contributed by atoms with Gasteiger partial charge in [0.25, 0.3) is 5.91 Å². The topological polar surface area (TPSA) is 72.7 Å². The van der Waals surface area contributed by atoms with Crippen LogP contribution in [0.5, 0.6) is 0 Å². The normalized spacial score (nSPS) is 11.4. The molecule has 3 rings (SSSR count). The number of carbonyl (C=O) groups is 1. The Balaban J connectivity index is 1.70. The molecule has 0 aliphatic carbocycles. The number of hydrogen-bond donors (Lipinski definition) is 1. The summed E-state index contributed by atoms with van der Waals surface area (Å²) in [5.74, 6) is -0.113. The molecule has 2 aromatic carbocycles. The maximum absolute atomic E-state index is 12.5. The summed E-state index contributed by atoms with van der Waals surface area (Å²) in [5.41, 5.74) is 3.27. The molecule has 0 aliphatic heterocycles. The van der Waals surface area contributed by atoms with Gasteiger partial charge in [0.05, 0.1) is 5.69 Å².